The maximum Gasteiger partial charge on any atom is 0.277 e. The maximum atomic E-state index is 5.67. The van der Waals surface area contributed by atoms with Gasteiger partial charge in [0, 0.05) is 0 Å². The van der Waals surface area contributed by atoms with Crippen LogP contribution < -0.4 is 4.74 Å². The Morgan fingerprint density at radius 1 is 1.00 bits per heavy atom. The van der Waals surface area contributed by atoms with Crippen molar-refractivity contribution >= 4 is 22.9 Å². The van der Waals surface area contributed by atoms with E-state index >= 15 is 0 Å². The molecule has 0 fully saturated rings. The Morgan fingerprint density at radius 3 is 2.80 bits per heavy atom. The van der Waals surface area contributed by atoms with Crippen LogP contribution in [0.5, 0.6) is 5.75 Å². The first-order chi connectivity index (χ1) is 12.3. The maximum absolute atomic E-state index is 5.67. The van der Waals surface area contributed by atoms with E-state index < -0.39 is 0 Å². The van der Waals surface area contributed by atoms with Gasteiger partial charge in [0.15, 0.2) is 12.2 Å². The molecule has 4 aromatic rings. The summed E-state index contributed by atoms with van der Waals surface area (Å²) in [4.78, 5) is 4.42. The van der Waals surface area contributed by atoms with Crippen molar-refractivity contribution in [3.63, 3.8) is 0 Å². The van der Waals surface area contributed by atoms with Gasteiger partial charge in [-0.1, -0.05) is 36.0 Å². The second-order valence-corrected chi connectivity index (χ2v) is 6.36. The van der Waals surface area contributed by atoms with Gasteiger partial charge >= 0.3 is 0 Å². The molecule has 0 unspecified atom stereocenters. The number of aryl methyl sites for hydroxylation is 1. The van der Waals surface area contributed by atoms with Gasteiger partial charge in [-0.2, -0.15) is 0 Å². The molecule has 0 amide bonds. The smallest absolute Gasteiger partial charge is 0.277 e. The molecule has 0 aliphatic rings. The molecule has 0 spiro atoms. The lowest BCUT2D eigenvalue weighted by molar-refractivity contribution is 0.252. The van der Waals surface area contributed by atoms with E-state index in [1.165, 1.54) is 11.8 Å². The largest absolute Gasteiger partial charge is 0.484 e. The molecule has 0 radical (unpaired) electrons. The summed E-state index contributed by atoms with van der Waals surface area (Å²) in [5.41, 5.74) is 2.75. The van der Waals surface area contributed by atoms with Gasteiger partial charge in [-0.05, 0) is 36.8 Å². The van der Waals surface area contributed by atoms with Gasteiger partial charge in [0.2, 0.25) is 5.89 Å². The summed E-state index contributed by atoms with van der Waals surface area (Å²) in [6, 6.07) is 15.5. The van der Waals surface area contributed by atoms with Crippen LogP contribution >= 0.6 is 11.8 Å². The van der Waals surface area contributed by atoms with Crippen LogP contribution in [0.25, 0.3) is 11.1 Å². The summed E-state index contributed by atoms with van der Waals surface area (Å²) < 4.78 is 16.9. The Balaban J connectivity index is 1.34. The second-order valence-electron chi connectivity index (χ2n) is 5.43. The fourth-order valence-corrected chi connectivity index (χ4v) is 2.93. The number of ether oxygens (including phenoxy) is 1. The van der Waals surface area contributed by atoms with Crippen molar-refractivity contribution in [2.75, 3.05) is 0 Å². The molecule has 0 saturated carbocycles. The van der Waals surface area contributed by atoms with Gasteiger partial charge in [-0.15, -0.1) is 10.2 Å². The molecule has 7 heteroatoms. The quantitative estimate of drug-likeness (QED) is 0.476. The molecule has 0 saturated heterocycles. The van der Waals surface area contributed by atoms with Gasteiger partial charge < -0.3 is 13.6 Å². The fourth-order valence-electron chi connectivity index (χ4n) is 2.31. The lowest BCUT2D eigenvalue weighted by Gasteiger charge is -2.03. The Bertz CT molecular complexity index is 963. The second kappa shape index (κ2) is 6.98. The van der Waals surface area contributed by atoms with Crippen molar-refractivity contribution in [1.82, 2.24) is 15.2 Å². The molecule has 0 atom stereocenters. The predicted molar refractivity (Wildman–Crippen MR) is 93.4 cm³/mol. The summed E-state index contributed by atoms with van der Waals surface area (Å²) in [5, 5.41) is 8.47. The zero-order chi connectivity index (χ0) is 17.1. The van der Waals surface area contributed by atoms with Crippen LogP contribution in [0.15, 0.2) is 62.6 Å². The highest BCUT2D eigenvalue weighted by atomic mass is 32.2. The average molecular weight is 353 g/mol. The molecular formula is C18H15N3O3S. The van der Waals surface area contributed by atoms with Crippen LogP contribution in [0.2, 0.25) is 0 Å². The Kier molecular flexibility index (Phi) is 4.39. The van der Waals surface area contributed by atoms with Gasteiger partial charge in [0.1, 0.15) is 11.3 Å². The minimum absolute atomic E-state index is 0.236. The van der Waals surface area contributed by atoms with E-state index in [2.05, 4.69) is 15.2 Å². The molecule has 25 heavy (non-hydrogen) atoms. The van der Waals surface area contributed by atoms with E-state index in [4.69, 9.17) is 13.6 Å². The van der Waals surface area contributed by atoms with Crippen molar-refractivity contribution in [1.29, 1.82) is 0 Å². The molecule has 0 bridgehead atoms. The van der Waals surface area contributed by atoms with E-state index in [-0.39, 0.29) is 6.61 Å². The van der Waals surface area contributed by atoms with Gasteiger partial charge in [0.05, 0.1) is 5.75 Å². The minimum Gasteiger partial charge on any atom is -0.484 e. The van der Waals surface area contributed by atoms with Crippen molar-refractivity contribution in [3.8, 4) is 5.75 Å². The SMILES string of the molecule is Cc1cccc(OCc2nnc(SCc3nc4ccccc4o3)o2)c1. The lowest BCUT2D eigenvalue weighted by Crippen LogP contribution is -1.95. The number of thioether (sulfide) groups is 1. The topological polar surface area (TPSA) is 74.2 Å². The lowest BCUT2D eigenvalue weighted by atomic mass is 10.2. The molecule has 2 aromatic heterocycles. The van der Waals surface area contributed by atoms with Gasteiger partial charge in [-0.25, -0.2) is 4.98 Å². The Morgan fingerprint density at radius 2 is 1.92 bits per heavy atom. The van der Waals surface area contributed by atoms with Gasteiger partial charge in [-0.3, -0.25) is 0 Å². The molecular weight excluding hydrogens is 338 g/mol. The third kappa shape index (κ3) is 3.83. The van der Waals surface area contributed by atoms with E-state index in [1.807, 2.05) is 55.5 Å². The number of hydrogen-bond acceptors (Lipinski definition) is 7. The first-order valence-corrected chi connectivity index (χ1v) is 8.74. The number of aromatic nitrogens is 3. The minimum atomic E-state index is 0.236. The monoisotopic (exact) mass is 353 g/mol. The Labute approximate surface area is 148 Å². The standard InChI is InChI=1S/C18H15N3O3S/c1-12-5-4-6-13(9-12)22-10-16-20-21-18(24-16)25-11-17-19-14-7-2-3-8-15(14)23-17/h2-9H,10-11H2,1H3. The highest BCUT2D eigenvalue weighted by Gasteiger charge is 2.11. The highest BCUT2D eigenvalue weighted by Crippen LogP contribution is 2.24. The number of rotatable bonds is 6. The molecule has 2 aromatic carbocycles. The number of fused-ring (bicyclic) bond motifs is 1. The third-order valence-corrected chi connectivity index (χ3v) is 4.26. The summed E-state index contributed by atoms with van der Waals surface area (Å²) in [6.45, 7) is 2.25. The molecule has 0 aliphatic carbocycles. The number of para-hydroxylation sites is 2. The molecule has 4 rings (SSSR count). The number of hydrogen-bond donors (Lipinski definition) is 0. The molecule has 126 valence electrons. The zero-order valence-electron chi connectivity index (χ0n) is 13.5. The third-order valence-electron chi connectivity index (χ3n) is 3.46. The van der Waals surface area contributed by atoms with Crippen molar-refractivity contribution < 1.29 is 13.6 Å². The van der Waals surface area contributed by atoms with Crippen LogP contribution in [0.3, 0.4) is 0 Å². The summed E-state index contributed by atoms with van der Waals surface area (Å²) in [7, 11) is 0. The van der Waals surface area contributed by atoms with Gasteiger partial charge in [0.25, 0.3) is 11.1 Å². The molecule has 6 nitrogen and oxygen atoms in total. The number of oxazole rings is 1. The van der Waals surface area contributed by atoms with Crippen LogP contribution in [-0.2, 0) is 12.4 Å². The summed E-state index contributed by atoms with van der Waals surface area (Å²) >= 11 is 1.38. The van der Waals surface area contributed by atoms with Crippen LogP contribution in [-0.4, -0.2) is 15.2 Å². The highest BCUT2D eigenvalue weighted by molar-refractivity contribution is 7.98. The van der Waals surface area contributed by atoms with Crippen LogP contribution in [0.4, 0.5) is 0 Å². The summed E-state index contributed by atoms with van der Waals surface area (Å²) in [6.07, 6.45) is 0. The fraction of sp³-hybridized carbons (Fsp3) is 0.167. The molecule has 2 heterocycles. The first kappa shape index (κ1) is 15.7. The van der Waals surface area contributed by atoms with Crippen LogP contribution in [0.1, 0.15) is 17.3 Å². The number of nitrogens with zero attached hydrogens (tertiary/aromatic N) is 3. The normalized spacial score (nSPS) is 11.1. The molecule has 0 N–H and O–H groups in total. The predicted octanol–water partition coefficient (Wildman–Crippen LogP) is 4.39. The first-order valence-electron chi connectivity index (χ1n) is 7.75. The van der Waals surface area contributed by atoms with E-state index in [0.717, 1.165) is 22.4 Å². The van der Waals surface area contributed by atoms with Crippen molar-refractivity contribution in [2.45, 2.75) is 24.5 Å². The van der Waals surface area contributed by atoms with E-state index in [0.29, 0.717) is 22.8 Å². The zero-order valence-corrected chi connectivity index (χ0v) is 14.3. The number of benzene rings is 2. The van der Waals surface area contributed by atoms with E-state index in [1.54, 1.807) is 0 Å². The summed E-state index contributed by atoms with van der Waals surface area (Å²) in [5.74, 6) is 2.36. The van der Waals surface area contributed by atoms with Crippen molar-refractivity contribution in [3.05, 3.63) is 65.9 Å². The Hall–Kier alpha value is -2.80. The van der Waals surface area contributed by atoms with E-state index in [9.17, 15) is 0 Å². The average Bonchev–Trinajstić information content (AvgIpc) is 3.24. The molecule has 0 aliphatic heterocycles. The van der Waals surface area contributed by atoms with Crippen LogP contribution in [0, 0.1) is 6.92 Å². The van der Waals surface area contributed by atoms with Crippen molar-refractivity contribution in [2.24, 2.45) is 0 Å².